The van der Waals surface area contributed by atoms with Crippen LogP contribution in [-0.4, -0.2) is 36.9 Å². The van der Waals surface area contributed by atoms with Crippen molar-refractivity contribution in [3.8, 4) is 18.1 Å². The Kier molecular flexibility index (Phi) is 5.02. The van der Waals surface area contributed by atoms with Crippen LogP contribution in [0, 0.1) is 24.2 Å². The van der Waals surface area contributed by atoms with Gasteiger partial charge < -0.3 is 10.1 Å². The monoisotopic (exact) mass is 338 g/mol. The molecule has 3 aliphatic heterocycles. The van der Waals surface area contributed by atoms with Crippen LogP contribution < -0.4 is 10.1 Å². The number of halogens is 3. The van der Waals surface area contributed by atoms with E-state index in [0.717, 1.165) is 31.6 Å². The average Bonchev–Trinajstić information content (AvgIpc) is 2.54. The number of nitrogens with zero attached hydrogens (tertiary/aromatic N) is 1. The lowest BCUT2D eigenvalue weighted by atomic mass is 9.76. The molecule has 24 heavy (non-hydrogen) atoms. The first kappa shape index (κ1) is 17.1. The Labute approximate surface area is 140 Å². The molecule has 0 spiro atoms. The highest BCUT2D eigenvalue weighted by atomic mass is 19.4. The van der Waals surface area contributed by atoms with Crippen LogP contribution in [0.2, 0.25) is 0 Å². The van der Waals surface area contributed by atoms with Crippen molar-refractivity contribution < 1.29 is 17.9 Å². The van der Waals surface area contributed by atoms with E-state index in [1.807, 2.05) is 0 Å². The molecule has 1 unspecified atom stereocenters. The molecule has 4 atom stereocenters. The Morgan fingerprint density at radius 1 is 1.38 bits per heavy atom. The Balaban J connectivity index is 1.49. The van der Waals surface area contributed by atoms with E-state index >= 15 is 0 Å². The fourth-order valence-electron chi connectivity index (χ4n) is 3.78. The molecule has 0 radical (unpaired) electrons. The second-order valence-electron chi connectivity index (χ2n) is 6.53. The van der Waals surface area contributed by atoms with Gasteiger partial charge in [-0.3, -0.25) is 4.90 Å². The summed E-state index contributed by atoms with van der Waals surface area (Å²) in [6.45, 7) is 3.38. The highest BCUT2D eigenvalue weighted by Crippen LogP contribution is 2.35. The van der Waals surface area contributed by atoms with Gasteiger partial charge in [-0.05, 0) is 43.0 Å². The van der Waals surface area contributed by atoms with Crippen LogP contribution in [0.25, 0.3) is 0 Å². The molecule has 3 nitrogen and oxygen atoms in total. The number of ether oxygens (including phenoxy) is 1. The van der Waals surface area contributed by atoms with E-state index in [9.17, 15) is 13.2 Å². The highest BCUT2D eigenvalue weighted by Gasteiger charge is 2.38. The first-order chi connectivity index (χ1) is 11.4. The van der Waals surface area contributed by atoms with Crippen LogP contribution in [0.5, 0.6) is 5.75 Å². The van der Waals surface area contributed by atoms with Gasteiger partial charge in [0.15, 0.2) is 0 Å². The summed E-state index contributed by atoms with van der Waals surface area (Å²) < 4.78 is 40.7. The standard InChI is InChI=1S/C18H21F3N2O/c1-2-14-12-23-7-6-15(14)9-16(23)11-22-10-13-4-3-5-17(8-13)24-18(19,20)21/h1,3-5,8,14-16,22H,6-7,9-12H2/t14-,15-,16+/m0/s1. The number of terminal acetylenes is 1. The topological polar surface area (TPSA) is 24.5 Å². The van der Waals surface area contributed by atoms with Gasteiger partial charge in [0, 0.05) is 31.6 Å². The number of hydrogen-bond donors (Lipinski definition) is 1. The van der Waals surface area contributed by atoms with Gasteiger partial charge in [-0.15, -0.1) is 25.5 Å². The van der Waals surface area contributed by atoms with E-state index in [2.05, 4.69) is 20.9 Å². The quantitative estimate of drug-likeness (QED) is 0.836. The molecule has 1 aromatic carbocycles. The maximum Gasteiger partial charge on any atom is 0.573 e. The first-order valence-electron chi connectivity index (χ1n) is 8.20. The van der Waals surface area contributed by atoms with Crippen LogP contribution in [0.4, 0.5) is 13.2 Å². The summed E-state index contributed by atoms with van der Waals surface area (Å²) in [5, 5.41) is 3.35. The Morgan fingerprint density at radius 3 is 2.88 bits per heavy atom. The minimum absolute atomic E-state index is 0.181. The molecular weight excluding hydrogens is 317 g/mol. The molecule has 3 heterocycles. The minimum atomic E-state index is -4.66. The number of benzene rings is 1. The van der Waals surface area contributed by atoms with Crippen molar-refractivity contribution in [1.82, 2.24) is 10.2 Å². The number of fused-ring (bicyclic) bond motifs is 3. The van der Waals surface area contributed by atoms with Crippen molar-refractivity contribution in [3.63, 3.8) is 0 Å². The largest absolute Gasteiger partial charge is 0.573 e. The number of nitrogens with one attached hydrogen (secondary N) is 1. The zero-order valence-electron chi connectivity index (χ0n) is 13.4. The van der Waals surface area contributed by atoms with Crippen molar-refractivity contribution in [2.24, 2.45) is 11.8 Å². The maximum atomic E-state index is 12.3. The van der Waals surface area contributed by atoms with E-state index in [4.69, 9.17) is 6.42 Å². The summed E-state index contributed by atoms with van der Waals surface area (Å²) in [5.41, 5.74) is 0.772. The van der Waals surface area contributed by atoms with Gasteiger partial charge in [0.05, 0.1) is 0 Å². The van der Waals surface area contributed by atoms with E-state index < -0.39 is 6.36 Å². The molecule has 0 aromatic heterocycles. The van der Waals surface area contributed by atoms with Crippen molar-refractivity contribution in [2.45, 2.75) is 31.8 Å². The average molecular weight is 338 g/mol. The molecule has 3 aliphatic rings. The van der Waals surface area contributed by atoms with E-state index in [-0.39, 0.29) is 5.75 Å². The van der Waals surface area contributed by atoms with E-state index in [0.29, 0.717) is 24.4 Å². The highest BCUT2D eigenvalue weighted by molar-refractivity contribution is 5.28. The number of piperidine rings is 3. The molecule has 3 fully saturated rings. The van der Waals surface area contributed by atoms with Gasteiger partial charge in [-0.2, -0.15) is 0 Å². The second-order valence-corrected chi connectivity index (χ2v) is 6.53. The number of hydrogen-bond acceptors (Lipinski definition) is 3. The predicted molar refractivity (Wildman–Crippen MR) is 85.2 cm³/mol. The van der Waals surface area contributed by atoms with Gasteiger partial charge in [0.2, 0.25) is 0 Å². The fourth-order valence-corrected chi connectivity index (χ4v) is 3.78. The van der Waals surface area contributed by atoms with Crippen LogP contribution in [0.15, 0.2) is 24.3 Å². The second kappa shape index (κ2) is 7.04. The molecule has 3 saturated heterocycles. The van der Waals surface area contributed by atoms with Crippen LogP contribution in [0.3, 0.4) is 0 Å². The summed E-state index contributed by atoms with van der Waals surface area (Å²) in [7, 11) is 0. The van der Waals surface area contributed by atoms with Crippen molar-refractivity contribution in [3.05, 3.63) is 29.8 Å². The summed E-state index contributed by atoms with van der Waals surface area (Å²) in [6, 6.07) is 6.55. The Morgan fingerprint density at radius 2 is 2.21 bits per heavy atom. The van der Waals surface area contributed by atoms with Gasteiger partial charge >= 0.3 is 6.36 Å². The smallest absolute Gasteiger partial charge is 0.406 e. The Bertz CT molecular complexity index is 611. The molecule has 0 saturated carbocycles. The van der Waals surface area contributed by atoms with Gasteiger partial charge in [-0.1, -0.05) is 12.1 Å². The molecule has 1 aromatic rings. The van der Waals surface area contributed by atoms with Crippen LogP contribution in [0.1, 0.15) is 18.4 Å². The predicted octanol–water partition coefficient (Wildman–Crippen LogP) is 3.02. The summed E-state index contributed by atoms with van der Waals surface area (Å²) in [4.78, 5) is 2.43. The fraction of sp³-hybridized carbons (Fsp3) is 0.556. The van der Waals surface area contributed by atoms with E-state index in [1.165, 1.54) is 18.6 Å². The lowest BCUT2D eigenvalue weighted by Gasteiger charge is -2.48. The maximum absolute atomic E-state index is 12.3. The molecular formula is C18H21F3N2O. The third-order valence-corrected chi connectivity index (χ3v) is 4.93. The van der Waals surface area contributed by atoms with Crippen LogP contribution in [-0.2, 0) is 6.54 Å². The molecule has 0 aliphatic carbocycles. The van der Waals surface area contributed by atoms with Gasteiger partial charge in [-0.25, -0.2) is 0 Å². The zero-order chi connectivity index (χ0) is 17.2. The van der Waals surface area contributed by atoms with Crippen molar-refractivity contribution >= 4 is 0 Å². The molecule has 6 heteroatoms. The Hall–Kier alpha value is -1.71. The van der Waals surface area contributed by atoms with Gasteiger partial charge in [0.25, 0.3) is 0 Å². The van der Waals surface area contributed by atoms with Gasteiger partial charge in [0.1, 0.15) is 5.75 Å². The van der Waals surface area contributed by atoms with Crippen molar-refractivity contribution in [2.75, 3.05) is 19.6 Å². The molecule has 4 rings (SSSR count). The first-order valence-corrected chi connectivity index (χ1v) is 8.20. The van der Waals surface area contributed by atoms with Crippen LogP contribution >= 0.6 is 0 Å². The lowest BCUT2D eigenvalue weighted by Crippen LogP contribution is -2.55. The summed E-state index contributed by atoms with van der Waals surface area (Å²) in [6.07, 6.45) is 3.19. The van der Waals surface area contributed by atoms with Crippen molar-refractivity contribution in [1.29, 1.82) is 0 Å². The number of alkyl halides is 3. The third kappa shape index (κ3) is 4.22. The third-order valence-electron chi connectivity index (χ3n) is 4.93. The molecule has 130 valence electrons. The SMILES string of the molecule is C#C[C@H]1CN2CC[C@H]1C[C@@H]2CNCc1cccc(OC(F)(F)F)c1. The van der Waals surface area contributed by atoms with E-state index in [1.54, 1.807) is 12.1 Å². The minimum Gasteiger partial charge on any atom is -0.406 e. The normalized spacial score (nSPS) is 29.2. The summed E-state index contributed by atoms with van der Waals surface area (Å²) in [5.74, 6) is 3.69. The summed E-state index contributed by atoms with van der Waals surface area (Å²) >= 11 is 0. The zero-order valence-corrected chi connectivity index (χ0v) is 13.4. The lowest BCUT2D eigenvalue weighted by molar-refractivity contribution is -0.274. The molecule has 1 N–H and O–H groups in total. The molecule has 2 bridgehead atoms. The molecule has 0 amide bonds. The number of rotatable bonds is 5.